The summed E-state index contributed by atoms with van der Waals surface area (Å²) in [5.41, 5.74) is 8.19. The predicted molar refractivity (Wildman–Crippen MR) is 192 cm³/mol. The highest BCUT2D eigenvalue weighted by atomic mass is 16.4. The molecule has 2 heterocycles. The van der Waals surface area contributed by atoms with Crippen LogP contribution in [0.5, 0.6) is 0 Å². The van der Waals surface area contributed by atoms with Gasteiger partial charge < -0.3 is 8.83 Å². The Morgan fingerprint density at radius 1 is 0.304 bits per heavy atom. The zero-order valence-electron chi connectivity index (χ0n) is 24.8. The first-order chi connectivity index (χ1) is 22.8. The van der Waals surface area contributed by atoms with Gasteiger partial charge in [-0.1, -0.05) is 140 Å². The van der Waals surface area contributed by atoms with Crippen LogP contribution in [0, 0.1) is 0 Å². The first-order valence-corrected chi connectivity index (χ1v) is 15.7. The third-order valence-corrected chi connectivity index (χ3v) is 9.48. The molecule has 0 unspecified atom stereocenters. The van der Waals surface area contributed by atoms with Gasteiger partial charge in [0, 0.05) is 32.8 Å². The summed E-state index contributed by atoms with van der Waals surface area (Å²) < 4.78 is 13.5. The molecule has 0 aliphatic carbocycles. The standard InChI is InChI=1S/C44H26O2/c1-2-14-28(15-3-1)42-41(37-26-25-36-30-18-10-11-24-38(30)45-43(36)44(37)46-42)40-34-21-8-6-19-32(34)39(33-20-7-9-22-35(33)40)31-23-12-16-27-13-4-5-17-29(27)31/h1-26H. The van der Waals surface area contributed by atoms with Crippen LogP contribution in [0.4, 0.5) is 0 Å². The lowest BCUT2D eigenvalue weighted by atomic mass is 9.83. The van der Waals surface area contributed by atoms with Crippen LogP contribution >= 0.6 is 0 Å². The van der Waals surface area contributed by atoms with Crippen LogP contribution in [-0.4, -0.2) is 0 Å². The molecule has 0 saturated heterocycles. The van der Waals surface area contributed by atoms with Crippen molar-refractivity contribution in [3.05, 3.63) is 158 Å². The van der Waals surface area contributed by atoms with Crippen molar-refractivity contribution >= 4 is 65.2 Å². The Morgan fingerprint density at radius 2 is 0.848 bits per heavy atom. The predicted octanol–water partition coefficient (Wildman–Crippen LogP) is 12.8. The van der Waals surface area contributed by atoms with E-state index >= 15 is 0 Å². The van der Waals surface area contributed by atoms with Gasteiger partial charge in [-0.2, -0.15) is 0 Å². The lowest BCUT2D eigenvalue weighted by molar-refractivity contribution is 0.612. The van der Waals surface area contributed by atoms with Gasteiger partial charge in [-0.15, -0.1) is 0 Å². The van der Waals surface area contributed by atoms with Crippen LogP contribution < -0.4 is 0 Å². The number of para-hydroxylation sites is 1. The van der Waals surface area contributed by atoms with E-state index < -0.39 is 0 Å². The van der Waals surface area contributed by atoms with Crippen molar-refractivity contribution in [2.24, 2.45) is 0 Å². The summed E-state index contributed by atoms with van der Waals surface area (Å²) in [4.78, 5) is 0. The number of furan rings is 2. The molecule has 0 aliphatic heterocycles. The van der Waals surface area contributed by atoms with E-state index in [1.165, 1.54) is 49.0 Å². The first kappa shape index (κ1) is 25.2. The maximum atomic E-state index is 6.96. The van der Waals surface area contributed by atoms with Crippen molar-refractivity contribution in [3.63, 3.8) is 0 Å². The van der Waals surface area contributed by atoms with Gasteiger partial charge in [0.25, 0.3) is 0 Å². The van der Waals surface area contributed by atoms with Gasteiger partial charge in [-0.3, -0.25) is 0 Å². The summed E-state index contributed by atoms with van der Waals surface area (Å²) in [7, 11) is 0. The highest BCUT2D eigenvalue weighted by molar-refractivity contribution is 6.27. The third kappa shape index (κ3) is 3.53. The van der Waals surface area contributed by atoms with Crippen LogP contribution in [0.3, 0.4) is 0 Å². The van der Waals surface area contributed by atoms with Gasteiger partial charge in [0.1, 0.15) is 11.3 Å². The topological polar surface area (TPSA) is 26.3 Å². The normalized spacial score (nSPS) is 11.9. The summed E-state index contributed by atoms with van der Waals surface area (Å²) in [5, 5.41) is 10.5. The summed E-state index contributed by atoms with van der Waals surface area (Å²) in [6, 6.07) is 56.0. The van der Waals surface area contributed by atoms with Gasteiger partial charge in [-0.25, -0.2) is 0 Å². The van der Waals surface area contributed by atoms with E-state index in [2.05, 4.69) is 140 Å². The minimum atomic E-state index is 0.772. The van der Waals surface area contributed by atoms with E-state index in [9.17, 15) is 0 Å². The molecule has 0 aliphatic rings. The smallest absolute Gasteiger partial charge is 0.178 e. The monoisotopic (exact) mass is 586 g/mol. The summed E-state index contributed by atoms with van der Waals surface area (Å²) in [6.07, 6.45) is 0. The van der Waals surface area contributed by atoms with Gasteiger partial charge in [0.2, 0.25) is 0 Å². The highest BCUT2D eigenvalue weighted by Crippen LogP contribution is 2.51. The third-order valence-electron chi connectivity index (χ3n) is 9.48. The fourth-order valence-corrected chi connectivity index (χ4v) is 7.51. The molecule has 0 amide bonds. The Kier molecular flexibility index (Phi) is 5.31. The molecule has 0 bridgehead atoms. The van der Waals surface area contributed by atoms with Crippen molar-refractivity contribution in [1.82, 2.24) is 0 Å². The van der Waals surface area contributed by atoms with Crippen LogP contribution in [-0.2, 0) is 0 Å². The first-order valence-electron chi connectivity index (χ1n) is 15.7. The maximum absolute atomic E-state index is 6.96. The number of benzene rings is 8. The van der Waals surface area contributed by atoms with Crippen molar-refractivity contribution in [1.29, 1.82) is 0 Å². The Balaban J connectivity index is 1.40. The highest BCUT2D eigenvalue weighted by Gasteiger charge is 2.26. The van der Waals surface area contributed by atoms with Crippen molar-refractivity contribution in [2.75, 3.05) is 0 Å². The van der Waals surface area contributed by atoms with Crippen LogP contribution in [0.15, 0.2) is 167 Å². The SMILES string of the molecule is c1ccc(-c2oc3c(ccc4c5ccccc5oc43)c2-c2c3ccccc3c(-c3cccc4ccccc34)c3ccccc23)cc1. The molecule has 0 atom stereocenters. The molecular weight excluding hydrogens is 560 g/mol. The summed E-state index contributed by atoms with van der Waals surface area (Å²) in [6.45, 7) is 0. The number of fused-ring (bicyclic) bond motifs is 8. The lowest BCUT2D eigenvalue weighted by Gasteiger charge is -2.19. The number of hydrogen-bond donors (Lipinski definition) is 0. The molecule has 0 fully saturated rings. The lowest BCUT2D eigenvalue weighted by Crippen LogP contribution is -1.92. The molecule has 0 radical (unpaired) electrons. The maximum Gasteiger partial charge on any atom is 0.178 e. The largest absolute Gasteiger partial charge is 0.452 e. The summed E-state index contributed by atoms with van der Waals surface area (Å²) in [5.74, 6) is 0.844. The van der Waals surface area contributed by atoms with Gasteiger partial charge >= 0.3 is 0 Å². The Morgan fingerprint density at radius 3 is 1.59 bits per heavy atom. The second-order valence-electron chi connectivity index (χ2n) is 12.0. The van der Waals surface area contributed by atoms with E-state index in [0.717, 1.165) is 49.8 Å². The molecule has 10 rings (SSSR count). The Labute approximate surface area is 264 Å². The van der Waals surface area contributed by atoms with Gasteiger partial charge in [0.05, 0.1) is 0 Å². The fraction of sp³-hybridized carbons (Fsp3) is 0. The zero-order valence-corrected chi connectivity index (χ0v) is 24.8. The minimum Gasteiger partial charge on any atom is -0.452 e. The van der Waals surface area contributed by atoms with Gasteiger partial charge in [-0.05, 0) is 61.6 Å². The summed E-state index contributed by atoms with van der Waals surface area (Å²) >= 11 is 0. The van der Waals surface area contributed by atoms with Gasteiger partial charge in [0.15, 0.2) is 11.2 Å². The Hall–Kier alpha value is -6.12. The molecule has 2 nitrogen and oxygen atoms in total. The van der Waals surface area contributed by atoms with Crippen LogP contribution in [0.25, 0.3) is 98.8 Å². The molecule has 10 aromatic rings. The van der Waals surface area contributed by atoms with Crippen molar-refractivity contribution in [3.8, 4) is 33.6 Å². The van der Waals surface area contributed by atoms with Crippen LogP contribution in [0.1, 0.15) is 0 Å². The second-order valence-corrected chi connectivity index (χ2v) is 12.0. The number of hydrogen-bond acceptors (Lipinski definition) is 2. The fourth-order valence-electron chi connectivity index (χ4n) is 7.51. The molecule has 0 spiro atoms. The van der Waals surface area contributed by atoms with E-state index in [0.29, 0.717) is 0 Å². The second kappa shape index (κ2) is 9.69. The molecular formula is C44H26O2. The molecule has 2 aromatic heterocycles. The quantitative estimate of drug-likeness (QED) is 0.193. The average Bonchev–Trinajstić information content (AvgIpc) is 3.70. The van der Waals surface area contributed by atoms with E-state index in [1.807, 2.05) is 18.2 Å². The molecule has 8 aromatic carbocycles. The van der Waals surface area contributed by atoms with Crippen LogP contribution in [0.2, 0.25) is 0 Å². The van der Waals surface area contributed by atoms with Crippen molar-refractivity contribution in [2.45, 2.75) is 0 Å². The molecule has 214 valence electrons. The zero-order chi connectivity index (χ0) is 30.2. The van der Waals surface area contributed by atoms with E-state index in [4.69, 9.17) is 8.83 Å². The molecule has 2 heteroatoms. The van der Waals surface area contributed by atoms with E-state index in [-0.39, 0.29) is 0 Å². The average molecular weight is 587 g/mol. The number of rotatable bonds is 3. The molecule has 0 N–H and O–H groups in total. The van der Waals surface area contributed by atoms with Crippen molar-refractivity contribution < 1.29 is 8.83 Å². The Bertz CT molecular complexity index is 2740. The molecule has 46 heavy (non-hydrogen) atoms. The van der Waals surface area contributed by atoms with E-state index in [1.54, 1.807) is 0 Å². The minimum absolute atomic E-state index is 0.772. The molecule has 0 saturated carbocycles.